The molecule has 0 aliphatic carbocycles. The van der Waals surface area contributed by atoms with E-state index in [1.165, 1.54) is 28.9 Å². The monoisotopic (exact) mass is 391 g/mol. The van der Waals surface area contributed by atoms with Crippen LogP contribution in [0.3, 0.4) is 0 Å². The Labute approximate surface area is 166 Å². The minimum atomic E-state index is -0.380. The maximum Gasteiger partial charge on any atom is 0.141 e. The first kappa shape index (κ1) is 17.9. The van der Waals surface area contributed by atoms with Crippen molar-refractivity contribution in [2.75, 3.05) is 20.1 Å². The van der Waals surface area contributed by atoms with Gasteiger partial charge in [0.1, 0.15) is 23.2 Å². The molecule has 1 fully saturated rings. The number of likely N-dealkylation sites (tertiary alicyclic amines) is 1. The predicted octanol–water partition coefficient (Wildman–Crippen LogP) is 4.16. The molecule has 0 radical (unpaired) electrons. The van der Waals surface area contributed by atoms with Crippen LogP contribution in [0.15, 0.2) is 54.9 Å². The Balaban J connectivity index is 1.69. The van der Waals surface area contributed by atoms with Gasteiger partial charge in [-0.3, -0.25) is 0 Å². The van der Waals surface area contributed by atoms with E-state index in [0.717, 1.165) is 47.7 Å². The highest BCUT2D eigenvalue weighted by Gasteiger charge is 2.25. The molecule has 5 rings (SSSR count). The second kappa shape index (κ2) is 7.00. The molecule has 146 valence electrons. The second-order valence-electron chi connectivity index (χ2n) is 7.46. The molecule has 1 aromatic carbocycles. The summed E-state index contributed by atoms with van der Waals surface area (Å²) in [6.45, 7) is 1.95. The van der Waals surface area contributed by atoms with E-state index in [4.69, 9.17) is 4.98 Å². The Morgan fingerprint density at radius 1 is 1.00 bits per heavy atom. The van der Waals surface area contributed by atoms with Gasteiger partial charge in [0, 0.05) is 24.2 Å². The largest absolute Gasteiger partial charge is 0.306 e. The number of hydrogen-bond acceptors (Lipinski definition) is 4. The van der Waals surface area contributed by atoms with Gasteiger partial charge in [-0.25, -0.2) is 23.3 Å². The van der Waals surface area contributed by atoms with Crippen molar-refractivity contribution in [3.05, 3.63) is 72.3 Å². The maximum atomic E-state index is 13.8. The van der Waals surface area contributed by atoms with Gasteiger partial charge < -0.3 is 4.90 Å². The molecular formula is C22H19F2N5. The lowest BCUT2D eigenvalue weighted by molar-refractivity contribution is 0.409. The number of rotatable bonds is 3. The van der Waals surface area contributed by atoms with E-state index in [-0.39, 0.29) is 17.6 Å². The molecule has 1 atom stereocenters. The van der Waals surface area contributed by atoms with Crippen LogP contribution in [0.5, 0.6) is 0 Å². The Bertz CT molecular complexity index is 1190. The standard InChI is InChI=1S/C22H19F2N5/c1-28-11-9-15(12-28)22-25-10-8-18(26-22)20-19-7-6-17(24)13-29(19)27-21(20)14-2-4-16(23)5-3-14/h2-8,10,13,15H,9,11-12H2,1H3. The third-order valence-corrected chi connectivity index (χ3v) is 5.40. The van der Waals surface area contributed by atoms with Crippen LogP contribution in [0, 0.1) is 11.6 Å². The average molecular weight is 391 g/mol. The average Bonchev–Trinajstić information content (AvgIpc) is 3.32. The van der Waals surface area contributed by atoms with Crippen molar-refractivity contribution in [1.29, 1.82) is 0 Å². The topological polar surface area (TPSA) is 46.3 Å². The van der Waals surface area contributed by atoms with Crippen LogP contribution in [0.25, 0.3) is 28.0 Å². The number of aromatic nitrogens is 4. The first-order chi connectivity index (χ1) is 14.1. The van der Waals surface area contributed by atoms with E-state index >= 15 is 0 Å². The van der Waals surface area contributed by atoms with Gasteiger partial charge in [0.05, 0.1) is 23.0 Å². The summed E-state index contributed by atoms with van der Waals surface area (Å²) in [5, 5.41) is 4.57. The molecule has 29 heavy (non-hydrogen) atoms. The molecule has 7 heteroatoms. The van der Waals surface area contributed by atoms with Crippen LogP contribution in [-0.2, 0) is 0 Å². The summed E-state index contributed by atoms with van der Waals surface area (Å²) in [4.78, 5) is 11.6. The Hall–Kier alpha value is -3.19. The Kier molecular flexibility index (Phi) is 4.32. The molecule has 4 heterocycles. The zero-order chi connectivity index (χ0) is 20.0. The summed E-state index contributed by atoms with van der Waals surface area (Å²) in [5.41, 5.74) is 3.62. The summed E-state index contributed by atoms with van der Waals surface area (Å²) in [6, 6.07) is 11.1. The van der Waals surface area contributed by atoms with Crippen molar-refractivity contribution in [3.63, 3.8) is 0 Å². The number of benzene rings is 1. The molecule has 0 bridgehead atoms. The normalized spacial score (nSPS) is 17.3. The lowest BCUT2D eigenvalue weighted by Gasteiger charge is -2.11. The molecule has 0 amide bonds. The molecule has 5 nitrogen and oxygen atoms in total. The molecule has 4 aromatic rings. The molecule has 1 aliphatic heterocycles. The van der Waals surface area contributed by atoms with Gasteiger partial charge in [0.25, 0.3) is 0 Å². The van der Waals surface area contributed by atoms with E-state index < -0.39 is 0 Å². The number of pyridine rings is 1. The van der Waals surface area contributed by atoms with E-state index in [1.807, 2.05) is 6.07 Å². The molecule has 3 aromatic heterocycles. The fourth-order valence-electron chi connectivity index (χ4n) is 3.94. The molecule has 0 saturated carbocycles. The number of fused-ring (bicyclic) bond motifs is 1. The molecule has 1 saturated heterocycles. The van der Waals surface area contributed by atoms with E-state index in [1.54, 1.807) is 24.4 Å². The zero-order valence-corrected chi connectivity index (χ0v) is 15.9. The Morgan fingerprint density at radius 2 is 1.79 bits per heavy atom. The van der Waals surface area contributed by atoms with E-state index in [2.05, 4.69) is 22.0 Å². The van der Waals surface area contributed by atoms with E-state index in [0.29, 0.717) is 5.69 Å². The van der Waals surface area contributed by atoms with Gasteiger partial charge >= 0.3 is 0 Å². The molecule has 1 aliphatic rings. The van der Waals surface area contributed by atoms with Crippen molar-refractivity contribution in [2.45, 2.75) is 12.3 Å². The van der Waals surface area contributed by atoms with Crippen LogP contribution in [0.2, 0.25) is 0 Å². The SMILES string of the molecule is CN1CCC(c2nccc(-c3c(-c4ccc(F)cc4)nn4cc(F)ccc34)n2)C1. The fraction of sp³-hybridized carbons (Fsp3) is 0.227. The van der Waals surface area contributed by atoms with Crippen molar-refractivity contribution in [3.8, 4) is 22.5 Å². The number of nitrogens with zero attached hydrogens (tertiary/aromatic N) is 5. The van der Waals surface area contributed by atoms with Crippen LogP contribution in [-0.4, -0.2) is 44.6 Å². The number of likely N-dealkylation sites (N-methyl/N-ethyl adjacent to an activating group) is 1. The van der Waals surface area contributed by atoms with Crippen molar-refractivity contribution in [1.82, 2.24) is 24.5 Å². The Morgan fingerprint density at radius 3 is 2.55 bits per heavy atom. The summed E-state index contributed by atoms with van der Waals surface area (Å²) in [6.07, 6.45) is 4.11. The maximum absolute atomic E-state index is 13.8. The van der Waals surface area contributed by atoms with Crippen LogP contribution < -0.4 is 0 Å². The van der Waals surface area contributed by atoms with Gasteiger partial charge in [-0.2, -0.15) is 5.10 Å². The summed E-state index contributed by atoms with van der Waals surface area (Å²) in [7, 11) is 2.09. The predicted molar refractivity (Wildman–Crippen MR) is 106 cm³/mol. The van der Waals surface area contributed by atoms with Crippen molar-refractivity contribution in [2.24, 2.45) is 0 Å². The highest BCUT2D eigenvalue weighted by atomic mass is 19.1. The highest BCUT2D eigenvalue weighted by molar-refractivity contribution is 5.90. The number of hydrogen-bond donors (Lipinski definition) is 0. The van der Waals surface area contributed by atoms with E-state index in [9.17, 15) is 8.78 Å². The summed E-state index contributed by atoms with van der Waals surface area (Å²) >= 11 is 0. The van der Waals surface area contributed by atoms with Crippen LogP contribution >= 0.6 is 0 Å². The first-order valence-corrected chi connectivity index (χ1v) is 9.54. The van der Waals surface area contributed by atoms with Gasteiger partial charge in [-0.15, -0.1) is 0 Å². The molecule has 0 spiro atoms. The first-order valence-electron chi connectivity index (χ1n) is 9.54. The number of halogens is 2. The summed E-state index contributed by atoms with van der Waals surface area (Å²) in [5.74, 6) is 0.390. The molecule has 0 N–H and O–H groups in total. The fourth-order valence-corrected chi connectivity index (χ4v) is 3.94. The third kappa shape index (κ3) is 3.27. The van der Waals surface area contributed by atoms with Crippen molar-refractivity contribution >= 4 is 5.52 Å². The minimum Gasteiger partial charge on any atom is -0.306 e. The zero-order valence-electron chi connectivity index (χ0n) is 15.9. The van der Waals surface area contributed by atoms with Crippen molar-refractivity contribution < 1.29 is 8.78 Å². The van der Waals surface area contributed by atoms with Crippen LogP contribution in [0.4, 0.5) is 8.78 Å². The summed E-state index contributed by atoms with van der Waals surface area (Å²) < 4.78 is 28.7. The second-order valence-corrected chi connectivity index (χ2v) is 7.46. The molecular weight excluding hydrogens is 372 g/mol. The van der Waals surface area contributed by atoms with Gasteiger partial charge in [0.2, 0.25) is 0 Å². The smallest absolute Gasteiger partial charge is 0.141 e. The third-order valence-electron chi connectivity index (χ3n) is 5.40. The highest BCUT2D eigenvalue weighted by Crippen LogP contribution is 2.35. The lowest BCUT2D eigenvalue weighted by Crippen LogP contribution is -2.14. The quantitative estimate of drug-likeness (QED) is 0.526. The van der Waals surface area contributed by atoms with Gasteiger partial charge in [-0.1, -0.05) is 0 Å². The lowest BCUT2D eigenvalue weighted by atomic mass is 10.0. The molecule has 1 unspecified atom stereocenters. The van der Waals surface area contributed by atoms with Gasteiger partial charge in [0.15, 0.2) is 0 Å². The van der Waals surface area contributed by atoms with Gasteiger partial charge in [-0.05, 0) is 62.5 Å². The van der Waals surface area contributed by atoms with Crippen LogP contribution in [0.1, 0.15) is 18.2 Å². The minimum absolute atomic E-state index is 0.286.